The lowest BCUT2D eigenvalue weighted by atomic mass is 10.0. The lowest BCUT2D eigenvalue weighted by Crippen LogP contribution is -2.48. The first-order chi connectivity index (χ1) is 23.0. The normalized spacial score (nSPS) is 19.8. The van der Waals surface area contributed by atoms with E-state index >= 15 is 0 Å². The van der Waals surface area contributed by atoms with Crippen LogP contribution in [0.3, 0.4) is 0 Å². The Balaban J connectivity index is 1.58. The average molecular weight is 664 g/mol. The molecular formula is C36H49N5O7. The molecular weight excluding hydrogens is 614 g/mol. The van der Waals surface area contributed by atoms with Crippen molar-refractivity contribution in [3.8, 4) is 5.75 Å². The molecule has 12 nitrogen and oxygen atoms in total. The number of nitrogens with zero attached hydrogens (tertiary/aromatic N) is 3. The van der Waals surface area contributed by atoms with E-state index < -0.39 is 12.1 Å². The van der Waals surface area contributed by atoms with Crippen molar-refractivity contribution in [2.45, 2.75) is 78.6 Å². The minimum absolute atomic E-state index is 0.185. The highest BCUT2D eigenvalue weighted by Crippen LogP contribution is 2.29. The number of aliphatic hydroxyl groups excluding tert-OH is 1. The zero-order valence-electron chi connectivity index (χ0n) is 28.8. The van der Waals surface area contributed by atoms with Gasteiger partial charge in [-0.25, -0.2) is 4.79 Å². The van der Waals surface area contributed by atoms with Crippen LogP contribution in [0.1, 0.15) is 67.4 Å². The summed E-state index contributed by atoms with van der Waals surface area (Å²) in [6, 6.07) is 13.7. The van der Waals surface area contributed by atoms with Crippen molar-refractivity contribution < 1.29 is 33.5 Å². The number of carbonyl (C=O) groups is 3. The molecule has 2 heterocycles. The van der Waals surface area contributed by atoms with Crippen LogP contribution in [0.2, 0.25) is 0 Å². The van der Waals surface area contributed by atoms with E-state index in [4.69, 9.17) is 14.0 Å². The molecule has 1 aliphatic heterocycles. The van der Waals surface area contributed by atoms with Crippen molar-refractivity contribution in [2.75, 3.05) is 44.0 Å². The maximum atomic E-state index is 14.4. The standard InChI is InChI=1S/C36H49N5O7/c1-23-20-41(24(2)22-42)35(44)30-19-29(37-33(43)18-28-13-8-7-9-14-28)15-16-31(30)47-25(3)12-10-11-17-46-32(23)21-40(6)36(45)38-34-26(4)39-48-27(34)5/h7-9,13-16,19,23-25,32,42H,10-12,17-18,20-22H2,1-6H3,(H,37,43)(H,38,45)/t23-,24-,25+,32-/m0/s1. The molecule has 12 heteroatoms. The summed E-state index contributed by atoms with van der Waals surface area (Å²) in [6.07, 6.45) is 1.97. The van der Waals surface area contributed by atoms with Gasteiger partial charge in [-0.2, -0.15) is 0 Å². The number of urea groups is 1. The number of ether oxygens (including phenoxy) is 2. The molecule has 0 spiro atoms. The van der Waals surface area contributed by atoms with Gasteiger partial charge < -0.3 is 39.5 Å². The van der Waals surface area contributed by atoms with Crippen LogP contribution in [-0.4, -0.2) is 89.5 Å². The summed E-state index contributed by atoms with van der Waals surface area (Å²) in [5, 5.41) is 19.9. The molecule has 48 heavy (non-hydrogen) atoms. The predicted molar refractivity (Wildman–Crippen MR) is 183 cm³/mol. The Hall–Kier alpha value is -4.42. The lowest BCUT2D eigenvalue weighted by Gasteiger charge is -2.35. The first-order valence-corrected chi connectivity index (χ1v) is 16.6. The Morgan fingerprint density at radius 1 is 1.10 bits per heavy atom. The monoisotopic (exact) mass is 663 g/mol. The molecule has 0 saturated carbocycles. The zero-order valence-corrected chi connectivity index (χ0v) is 28.8. The molecule has 3 aromatic rings. The molecule has 4 amide bonds. The van der Waals surface area contributed by atoms with Crippen molar-refractivity contribution in [1.29, 1.82) is 0 Å². The molecule has 4 rings (SSSR count). The average Bonchev–Trinajstić information content (AvgIpc) is 3.38. The van der Waals surface area contributed by atoms with Gasteiger partial charge in [0.05, 0.1) is 36.8 Å². The third-order valence-corrected chi connectivity index (χ3v) is 8.61. The Morgan fingerprint density at radius 3 is 2.54 bits per heavy atom. The molecule has 0 radical (unpaired) electrons. The smallest absolute Gasteiger partial charge is 0.321 e. The number of likely N-dealkylation sites (N-methyl/N-ethyl adjacent to an activating group) is 1. The maximum Gasteiger partial charge on any atom is 0.321 e. The molecule has 0 aliphatic carbocycles. The molecule has 3 N–H and O–H groups in total. The Labute approximate surface area is 282 Å². The summed E-state index contributed by atoms with van der Waals surface area (Å²) in [4.78, 5) is 43.6. The van der Waals surface area contributed by atoms with Crippen molar-refractivity contribution in [1.82, 2.24) is 15.0 Å². The van der Waals surface area contributed by atoms with Crippen LogP contribution < -0.4 is 15.4 Å². The third-order valence-electron chi connectivity index (χ3n) is 8.61. The van der Waals surface area contributed by atoms with Crippen LogP contribution in [0, 0.1) is 19.8 Å². The molecule has 0 fully saturated rings. The number of fused-ring (bicyclic) bond motifs is 1. The van der Waals surface area contributed by atoms with Gasteiger partial charge in [0.2, 0.25) is 5.91 Å². The number of amides is 4. The number of aromatic nitrogens is 1. The van der Waals surface area contributed by atoms with Crippen LogP contribution in [0.25, 0.3) is 0 Å². The highest BCUT2D eigenvalue weighted by Gasteiger charge is 2.31. The minimum atomic E-state index is -0.532. The number of aliphatic hydroxyl groups is 1. The maximum absolute atomic E-state index is 14.4. The molecule has 0 unspecified atom stereocenters. The summed E-state index contributed by atoms with van der Waals surface area (Å²) in [6.45, 7) is 9.93. The Morgan fingerprint density at radius 2 is 1.85 bits per heavy atom. The number of benzene rings is 2. The number of hydrogen-bond acceptors (Lipinski definition) is 8. The van der Waals surface area contributed by atoms with E-state index in [0.29, 0.717) is 35.2 Å². The highest BCUT2D eigenvalue weighted by atomic mass is 16.5. The van der Waals surface area contributed by atoms with Crippen molar-refractivity contribution in [3.05, 3.63) is 71.1 Å². The largest absolute Gasteiger partial charge is 0.490 e. The third kappa shape index (κ3) is 9.80. The van der Waals surface area contributed by atoms with Gasteiger partial charge in [0.1, 0.15) is 17.1 Å². The Bertz CT molecular complexity index is 1510. The van der Waals surface area contributed by atoms with Crippen molar-refractivity contribution >= 4 is 29.2 Å². The number of rotatable bonds is 8. The topological polar surface area (TPSA) is 146 Å². The summed E-state index contributed by atoms with van der Waals surface area (Å²) in [5.41, 5.74) is 2.75. The molecule has 2 aromatic carbocycles. The van der Waals surface area contributed by atoms with E-state index in [2.05, 4.69) is 15.8 Å². The fourth-order valence-corrected chi connectivity index (χ4v) is 5.67. The van der Waals surface area contributed by atoms with Crippen molar-refractivity contribution in [2.24, 2.45) is 5.92 Å². The summed E-state index contributed by atoms with van der Waals surface area (Å²) in [5.74, 6) is 0.154. The second kappa shape index (κ2) is 17.1. The van der Waals surface area contributed by atoms with Crippen LogP contribution in [-0.2, 0) is 16.0 Å². The summed E-state index contributed by atoms with van der Waals surface area (Å²) >= 11 is 0. The van der Waals surface area contributed by atoms with Crippen LogP contribution in [0.15, 0.2) is 53.1 Å². The number of anilines is 2. The fourth-order valence-electron chi connectivity index (χ4n) is 5.67. The first kappa shape index (κ1) is 36.4. The number of carbonyl (C=O) groups excluding carboxylic acids is 3. The predicted octanol–water partition coefficient (Wildman–Crippen LogP) is 5.43. The van der Waals surface area contributed by atoms with Crippen LogP contribution in [0.4, 0.5) is 16.2 Å². The van der Waals surface area contributed by atoms with Gasteiger partial charge in [-0.3, -0.25) is 9.59 Å². The van der Waals surface area contributed by atoms with Gasteiger partial charge in [0.25, 0.3) is 5.91 Å². The van der Waals surface area contributed by atoms with Gasteiger partial charge in [-0.1, -0.05) is 42.4 Å². The molecule has 260 valence electrons. The lowest BCUT2D eigenvalue weighted by molar-refractivity contribution is -0.115. The number of aryl methyl sites for hydroxylation is 2. The molecule has 1 aromatic heterocycles. The quantitative estimate of drug-likeness (QED) is 0.289. The first-order valence-electron chi connectivity index (χ1n) is 16.6. The van der Waals surface area contributed by atoms with E-state index in [-0.39, 0.29) is 61.5 Å². The number of nitrogens with one attached hydrogen (secondary N) is 2. The molecule has 1 aliphatic rings. The molecule has 4 atom stereocenters. The van der Waals surface area contributed by atoms with Gasteiger partial charge in [0, 0.05) is 38.3 Å². The van der Waals surface area contributed by atoms with Crippen molar-refractivity contribution in [3.63, 3.8) is 0 Å². The van der Waals surface area contributed by atoms with E-state index in [9.17, 15) is 19.5 Å². The SMILES string of the molecule is Cc1noc(C)c1NC(=O)N(C)C[C@@H]1OCCCC[C@@H](C)Oc2ccc(NC(=O)Cc3ccccc3)cc2C(=O)N([C@@H](C)CO)C[C@@H]1C. The second-order valence-electron chi connectivity index (χ2n) is 12.7. The van der Waals surface area contributed by atoms with Gasteiger partial charge >= 0.3 is 6.03 Å². The zero-order chi connectivity index (χ0) is 34.8. The van der Waals surface area contributed by atoms with Gasteiger partial charge in [-0.05, 0) is 70.7 Å². The molecule has 0 saturated heterocycles. The molecule has 0 bridgehead atoms. The Kier molecular flexibility index (Phi) is 13.0. The fraction of sp³-hybridized carbons (Fsp3) is 0.500. The van der Waals surface area contributed by atoms with E-state index in [1.54, 1.807) is 55.8 Å². The van der Waals surface area contributed by atoms with Gasteiger partial charge in [0.15, 0.2) is 5.76 Å². The van der Waals surface area contributed by atoms with E-state index in [0.717, 1.165) is 24.8 Å². The number of hydrogen-bond donors (Lipinski definition) is 3. The van der Waals surface area contributed by atoms with Crippen LogP contribution in [0.5, 0.6) is 5.75 Å². The van der Waals surface area contributed by atoms with E-state index in [1.165, 1.54) is 0 Å². The highest BCUT2D eigenvalue weighted by molar-refractivity contribution is 6.00. The minimum Gasteiger partial charge on any atom is -0.490 e. The van der Waals surface area contributed by atoms with Crippen LogP contribution >= 0.6 is 0 Å². The summed E-state index contributed by atoms with van der Waals surface area (Å²) < 4.78 is 17.8. The summed E-state index contributed by atoms with van der Waals surface area (Å²) in [7, 11) is 1.69. The van der Waals surface area contributed by atoms with E-state index in [1.807, 2.05) is 44.2 Å². The van der Waals surface area contributed by atoms with Gasteiger partial charge in [-0.15, -0.1) is 0 Å². The second-order valence-corrected chi connectivity index (χ2v) is 12.7.